The van der Waals surface area contributed by atoms with Crippen LogP contribution in [-0.2, 0) is 11.3 Å². The minimum atomic E-state index is -0.216. The first-order valence-electron chi connectivity index (χ1n) is 6.84. The molecule has 4 nitrogen and oxygen atoms in total. The van der Waals surface area contributed by atoms with Gasteiger partial charge in [-0.05, 0) is 18.0 Å². The molecule has 1 heterocycles. The predicted molar refractivity (Wildman–Crippen MR) is 74.8 cm³/mol. The van der Waals surface area contributed by atoms with E-state index in [2.05, 4.69) is 19.2 Å². The van der Waals surface area contributed by atoms with E-state index in [1.54, 1.807) is 4.90 Å². The van der Waals surface area contributed by atoms with E-state index in [-0.39, 0.29) is 6.09 Å². The van der Waals surface area contributed by atoms with E-state index in [1.165, 1.54) is 0 Å². The summed E-state index contributed by atoms with van der Waals surface area (Å²) in [6.45, 7) is 7.20. The number of carbonyl (C=O) groups is 1. The zero-order valence-corrected chi connectivity index (χ0v) is 11.6. The number of carbonyl (C=O) groups excluding carboxylic acids is 1. The molecular formula is C15H22N2O2. The molecule has 0 unspecified atom stereocenters. The summed E-state index contributed by atoms with van der Waals surface area (Å²) in [6.07, 6.45) is -0.216. The van der Waals surface area contributed by atoms with Gasteiger partial charge in [0.2, 0.25) is 0 Å². The largest absolute Gasteiger partial charge is 0.445 e. The van der Waals surface area contributed by atoms with Crippen molar-refractivity contribution in [2.24, 2.45) is 5.92 Å². The maximum absolute atomic E-state index is 11.8. The number of hydrogen-bond acceptors (Lipinski definition) is 3. The van der Waals surface area contributed by atoms with Gasteiger partial charge in [-0.15, -0.1) is 0 Å². The van der Waals surface area contributed by atoms with Gasteiger partial charge in [-0.2, -0.15) is 0 Å². The molecule has 0 spiro atoms. The van der Waals surface area contributed by atoms with E-state index in [9.17, 15) is 4.79 Å². The quantitative estimate of drug-likeness (QED) is 0.885. The summed E-state index contributed by atoms with van der Waals surface area (Å²) in [5, 5.41) is 3.43. The Bertz CT molecular complexity index is 400. The highest BCUT2D eigenvalue weighted by Crippen LogP contribution is 2.11. The maximum Gasteiger partial charge on any atom is 0.410 e. The second-order valence-corrected chi connectivity index (χ2v) is 5.44. The molecule has 0 atom stereocenters. The lowest BCUT2D eigenvalue weighted by atomic mass is 10.1. The molecule has 1 N–H and O–H groups in total. The van der Waals surface area contributed by atoms with Crippen LogP contribution in [0.1, 0.15) is 19.4 Å². The summed E-state index contributed by atoms with van der Waals surface area (Å²) >= 11 is 0. The molecule has 1 aliphatic heterocycles. The van der Waals surface area contributed by atoms with Crippen molar-refractivity contribution in [3.05, 3.63) is 35.9 Å². The molecule has 1 aromatic carbocycles. The first-order chi connectivity index (χ1) is 9.15. The second-order valence-electron chi connectivity index (χ2n) is 5.44. The van der Waals surface area contributed by atoms with Crippen molar-refractivity contribution in [3.8, 4) is 0 Å². The Hall–Kier alpha value is -1.55. The Morgan fingerprint density at radius 3 is 2.68 bits per heavy atom. The Labute approximate surface area is 114 Å². The van der Waals surface area contributed by atoms with E-state index in [4.69, 9.17) is 4.74 Å². The van der Waals surface area contributed by atoms with Gasteiger partial charge in [0, 0.05) is 19.1 Å². The summed E-state index contributed by atoms with van der Waals surface area (Å²) in [5.41, 5.74) is 1.02. The average Bonchev–Trinajstić information content (AvgIpc) is 2.35. The van der Waals surface area contributed by atoms with Crippen LogP contribution in [0, 0.1) is 5.92 Å². The lowest BCUT2D eigenvalue weighted by Crippen LogP contribution is -2.60. The number of nitrogens with zero attached hydrogens (tertiary/aromatic N) is 1. The van der Waals surface area contributed by atoms with E-state index in [0.29, 0.717) is 18.6 Å². The van der Waals surface area contributed by atoms with Crippen molar-refractivity contribution in [3.63, 3.8) is 0 Å². The molecule has 0 saturated carbocycles. The molecule has 4 heteroatoms. The summed E-state index contributed by atoms with van der Waals surface area (Å²) in [6, 6.07) is 10.2. The number of likely N-dealkylation sites (tertiary alicyclic amines) is 1. The zero-order chi connectivity index (χ0) is 13.7. The molecule has 1 aromatic rings. The van der Waals surface area contributed by atoms with E-state index >= 15 is 0 Å². The number of hydrogen-bond donors (Lipinski definition) is 1. The van der Waals surface area contributed by atoms with Gasteiger partial charge < -0.3 is 15.0 Å². The molecule has 19 heavy (non-hydrogen) atoms. The fourth-order valence-corrected chi connectivity index (χ4v) is 1.97. The molecule has 0 bridgehead atoms. The minimum Gasteiger partial charge on any atom is -0.445 e. The smallest absolute Gasteiger partial charge is 0.410 e. The lowest BCUT2D eigenvalue weighted by Gasteiger charge is -2.39. The molecule has 104 valence electrons. The lowest BCUT2D eigenvalue weighted by molar-refractivity contribution is 0.0598. The van der Waals surface area contributed by atoms with Gasteiger partial charge >= 0.3 is 6.09 Å². The van der Waals surface area contributed by atoms with Crippen LogP contribution in [-0.4, -0.2) is 36.7 Å². The van der Waals surface area contributed by atoms with Gasteiger partial charge in [-0.3, -0.25) is 0 Å². The minimum absolute atomic E-state index is 0.216. The first-order valence-corrected chi connectivity index (χ1v) is 6.84. The fraction of sp³-hybridized carbons (Fsp3) is 0.533. The van der Waals surface area contributed by atoms with Crippen LogP contribution in [0.2, 0.25) is 0 Å². The van der Waals surface area contributed by atoms with Crippen LogP contribution in [0.5, 0.6) is 0 Å². The number of benzene rings is 1. The van der Waals surface area contributed by atoms with Gasteiger partial charge in [-0.1, -0.05) is 44.2 Å². The SMILES string of the molecule is CC(C)CNC1CN(C(=O)OCc2ccccc2)C1. The highest BCUT2D eigenvalue weighted by Gasteiger charge is 2.31. The highest BCUT2D eigenvalue weighted by molar-refractivity contribution is 5.68. The summed E-state index contributed by atoms with van der Waals surface area (Å²) in [5.74, 6) is 0.638. The summed E-state index contributed by atoms with van der Waals surface area (Å²) < 4.78 is 5.27. The van der Waals surface area contributed by atoms with Crippen LogP contribution in [0.15, 0.2) is 30.3 Å². The molecule has 1 saturated heterocycles. The van der Waals surface area contributed by atoms with Gasteiger partial charge in [0.15, 0.2) is 0 Å². The number of nitrogens with one attached hydrogen (secondary N) is 1. The van der Waals surface area contributed by atoms with Crippen molar-refractivity contribution < 1.29 is 9.53 Å². The molecule has 0 aromatic heterocycles. The normalized spacial score (nSPS) is 15.4. The van der Waals surface area contributed by atoms with Crippen molar-refractivity contribution >= 4 is 6.09 Å². The van der Waals surface area contributed by atoms with E-state index < -0.39 is 0 Å². The van der Waals surface area contributed by atoms with Crippen molar-refractivity contribution in [1.29, 1.82) is 0 Å². The topological polar surface area (TPSA) is 41.6 Å². The molecule has 0 radical (unpaired) electrons. The van der Waals surface area contributed by atoms with Gasteiger partial charge in [0.1, 0.15) is 6.61 Å². The standard InChI is InChI=1S/C15H22N2O2/c1-12(2)8-16-14-9-17(10-14)15(18)19-11-13-6-4-3-5-7-13/h3-7,12,14,16H,8-11H2,1-2H3. The van der Waals surface area contributed by atoms with E-state index in [1.807, 2.05) is 30.3 Å². The van der Waals surface area contributed by atoms with Gasteiger partial charge in [-0.25, -0.2) is 4.79 Å². The maximum atomic E-state index is 11.8. The highest BCUT2D eigenvalue weighted by atomic mass is 16.6. The van der Waals surface area contributed by atoms with Crippen molar-refractivity contribution in [1.82, 2.24) is 10.2 Å². The third-order valence-corrected chi connectivity index (χ3v) is 3.16. The third kappa shape index (κ3) is 4.24. The van der Waals surface area contributed by atoms with Crippen LogP contribution >= 0.6 is 0 Å². The van der Waals surface area contributed by atoms with Crippen LogP contribution in [0.25, 0.3) is 0 Å². The number of ether oxygens (including phenoxy) is 1. The second kappa shape index (κ2) is 6.57. The monoisotopic (exact) mass is 262 g/mol. The van der Waals surface area contributed by atoms with Crippen LogP contribution < -0.4 is 5.32 Å². The summed E-state index contributed by atoms with van der Waals surface area (Å²) in [4.78, 5) is 13.5. The Kier molecular flexibility index (Phi) is 4.80. The third-order valence-electron chi connectivity index (χ3n) is 3.16. The van der Waals surface area contributed by atoms with Gasteiger partial charge in [0.05, 0.1) is 0 Å². The van der Waals surface area contributed by atoms with Crippen molar-refractivity contribution in [2.45, 2.75) is 26.5 Å². The Balaban J connectivity index is 1.64. The van der Waals surface area contributed by atoms with E-state index in [0.717, 1.165) is 25.2 Å². The van der Waals surface area contributed by atoms with Crippen LogP contribution in [0.4, 0.5) is 4.79 Å². The zero-order valence-electron chi connectivity index (χ0n) is 11.6. The van der Waals surface area contributed by atoms with Gasteiger partial charge in [0.25, 0.3) is 0 Å². The molecular weight excluding hydrogens is 240 g/mol. The fourth-order valence-electron chi connectivity index (χ4n) is 1.97. The first kappa shape index (κ1) is 13.9. The number of rotatable bonds is 5. The Morgan fingerprint density at radius 1 is 1.37 bits per heavy atom. The molecule has 1 aliphatic rings. The van der Waals surface area contributed by atoms with Crippen molar-refractivity contribution in [2.75, 3.05) is 19.6 Å². The molecule has 0 aliphatic carbocycles. The predicted octanol–water partition coefficient (Wildman–Crippen LogP) is 2.25. The summed E-state index contributed by atoms with van der Waals surface area (Å²) in [7, 11) is 0. The molecule has 1 fully saturated rings. The average molecular weight is 262 g/mol. The number of amides is 1. The molecule has 1 amide bonds. The van der Waals surface area contributed by atoms with Crippen LogP contribution in [0.3, 0.4) is 0 Å². The molecule has 2 rings (SSSR count). The Morgan fingerprint density at radius 2 is 2.05 bits per heavy atom.